The minimum Gasteiger partial charge on any atom is -0.469 e. The second kappa shape index (κ2) is 13.8. The van der Waals surface area contributed by atoms with Crippen molar-refractivity contribution in [2.45, 2.75) is 37.7 Å². The molecule has 0 radical (unpaired) electrons. The van der Waals surface area contributed by atoms with Crippen LogP contribution in [-0.4, -0.2) is 71.8 Å². The number of nitrogens with one attached hydrogen (secondary N) is 1. The minimum absolute atomic E-state index is 0.0667. The highest BCUT2D eigenvalue weighted by Crippen LogP contribution is 2.41. The lowest BCUT2D eigenvalue weighted by Gasteiger charge is -2.46. The Bertz CT molecular complexity index is 1570. The van der Waals surface area contributed by atoms with Crippen LogP contribution in [0.5, 0.6) is 0 Å². The lowest BCUT2D eigenvalue weighted by molar-refractivity contribution is -0.196. The van der Waals surface area contributed by atoms with Gasteiger partial charge in [-0.05, 0) is 47.5 Å². The highest BCUT2D eigenvalue weighted by Gasteiger charge is 2.63. The summed E-state index contributed by atoms with van der Waals surface area (Å²) in [6.07, 6.45) is -7.76. The third kappa shape index (κ3) is 7.32. The Morgan fingerprint density at radius 3 is 2.07 bits per heavy atom. The summed E-state index contributed by atoms with van der Waals surface area (Å²) in [6.45, 7) is 1.53. The molecule has 0 saturated heterocycles. The van der Waals surface area contributed by atoms with E-state index in [0.717, 1.165) is 17.9 Å². The van der Waals surface area contributed by atoms with Gasteiger partial charge in [-0.2, -0.15) is 0 Å². The van der Waals surface area contributed by atoms with Gasteiger partial charge < -0.3 is 34.5 Å². The Morgan fingerprint density at radius 1 is 0.841 bits per heavy atom. The minimum atomic E-state index is -1.80. The van der Waals surface area contributed by atoms with Crippen LogP contribution in [0.1, 0.15) is 22.8 Å². The first-order valence-corrected chi connectivity index (χ1v) is 14.0. The number of ether oxygens (including phenoxy) is 4. The van der Waals surface area contributed by atoms with Crippen LogP contribution in [0.25, 0.3) is 10.8 Å². The van der Waals surface area contributed by atoms with Crippen molar-refractivity contribution < 1.29 is 53.1 Å². The summed E-state index contributed by atoms with van der Waals surface area (Å²) in [7, 11) is 1.00. The zero-order valence-corrected chi connectivity index (χ0v) is 24.8. The molecule has 3 aromatic rings. The van der Waals surface area contributed by atoms with E-state index < -0.39 is 66.3 Å². The van der Waals surface area contributed by atoms with Crippen molar-refractivity contribution in [2.75, 3.05) is 7.11 Å². The highest BCUT2D eigenvalue weighted by atomic mass is 35.5. The molecule has 0 bridgehead atoms. The van der Waals surface area contributed by atoms with Gasteiger partial charge >= 0.3 is 24.2 Å². The summed E-state index contributed by atoms with van der Waals surface area (Å²) in [5.74, 6) is -5.68. The highest BCUT2D eigenvalue weighted by molar-refractivity contribution is 6.42. The average Bonchev–Trinajstić information content (AvgIpc) is 2.97. The number of esters is 2. The molecule has 1 amide bonds. The first-order valence-electron chi connectivity index (χ1n) is 13.2. The van der Waals surface area contributed by atoms with Gasteiger partial charge in [0.1, 0.15) is 30.1 Å². The van der Waals surface area contributed by atoms with Crippen LogP contribution in [-0.2, 0) is 35.0 Å². The standard InChI is InChI=1S/C30H27Cl2NO11/c1-14(33-26(34)22-24(43-29(37)38)23(28(36)41-2)25(22)44-30(39)40)21(12-15-7-10-19(31)20(32)11-15)42-27(35)18-9-8-16-5-3-4-6-17(16)13-18/h3-11,13-14,21-25H,12H2,1-2H3,(H,33,34)(H,37,38)(H,39,40)/t14-,21+,22?,23?,24-,25-/m0/s1. The maximum atomic E-state index is 13.4. The van der Waals surface area contributed by atoms with Crippen molar-refractivity contribution in [3.63, 3.8) is 0 Å². The summed E-state index contributed by atoms with van der Waals surface area (Å²) in [4.78, 5) is 61.7. The monoisotopic (exact) mass is 647 g/mol. The zero-order valence-electron chi connectivity index (χ0n) is 23.3. The fourth-order valence-electron chi connectivity index (χ4n) is 5.06. The Labute approximate surface area is 260 Å². The van der Waals surface area contributed by atoms with Gasteiger partial charge in [0.2, 0.25) is 5.91 Å². The van der Waals surface area contributed by atoms with Crippen LogP contribution in [0.2, 0.25) is 10.0 Å². The Hall–Kier alpha value is -4.55. The topological polar surface area (TPSA) is 175 Å². The van der Waals surface area contributed by atoms with Crippen molar-refractivity contribution in [3.8, 4) is 0 Å². The SMILES string of the molecule is COC(=O)C1[C@@H](OC(=O)O)C(C(=O)N[C@@H](C)[C@@H](Cc2ccc(Cl)c(Cl)c2)OC(=O)c2ccc3ccccc3c2)[C@@H]1OC(=O)O. The van der Waals surface area contributed by atoms with Gasteiger partial charge in [0.25, 0.3) is 0 Å². The molecule has 3 N–H and O–H groups in total. The molecule has 12 nitrogen and oxygen atoms in total. The smallest absolute Gasteiger partial charge is 0.469 e. The number of fused-ring (bicyclic) bond motifs is 1. The van der Waals surface area contributed by atoms with E-state index in [1.807, 2.05) is 24.3 Å². The van der Waals surface area contributed by atoms with Crippen LogP contribution in [0.15, 0.2) is 60.7 Å². The van der Waals surface area contributed by atoms with E-state index in [2.05, 4.69) is 10.1 Å². The largest absolute Gasteiger partial charge is 0.506 e. The maximum Gasteiger partial charge on any atom is 0.506 e. The van der Waals surface area contributed by atoms with Gasteiger partial charge in [-0.25, -0.2) is 14.4 Å². The molecule has 4 rings (SSSR count). The summed E-state index contributed by atoms with van der Waals surface area (Å²) in [5.41, 5.74) is 0.872. The normalized spacial score (nSPS) is 20.4. The van der Waals surface area contributed by atoms with Crippen molar-refractivity contribution in [2.24, 2.45) is 11.8 Å². The molecule has 4 atom stereocenters. The van der Waals surface area contributed by atoms with Crippen molar-refractivity contribution >= 4 is 64.1 Å². The van der Waals surface area contributed by atoms with E-state index >= 15 is 0 Å². The van der Waals surface area contributed by atoms with E-state index in [1.165, 1.54) is 6.92 Å². The third-order valence-corrected chi connectivity index (χ3v) is 8.00. The van der Waals surface area contributed by atoms with Crippen LogP contribution < -0.4 is 5.32 Å². The lowest BCUT2D eigenvalue weighted by Crippen LogP contribution is -2.67. The third-order valence-electron chi connectivity index (χ3n) is 7.26. The second-order valence-electron chi connectivity index (χ2n) is 10.0. The number of methoxy groups -OCH3 is 1. The van der Waals surface area contributed by atoms with Gasteiger partial charge in [-0.1, -0.05) is 59.6 Å². The average molecular weight is 648 g/mol. The molecule has 0 aliphatic heterocycles. The summed E-state index contributed by atoms with van der Waals surface area (Å²) in [6, 6.07) is 16.3. The first-order chi connectivity index (χ1) is 20.9. The summed E-state index contributed by atoms with van der Waals surface area (Å²) < 4.78 is 20.0. The van der Waals surface area contributed by atoms with Crippen LogP contribution >= 0.6 is 23.2 Å². The van der Waals surface area contributed by atoms with Crippen LogP contribution in [0.3, 0.4) is 0 Å². The first kappa shape index (κ1) is 32.4. The molecule has 1 aliphatic carbocycles. The molecule has 0 spiro atoms. The number of carbonyl (C=O) groups excluding carboxylic acids is 3. The van der Waals surface area contributed by atoms with Gasteiger partial charge in [0.05, 0.1) is 28.8 Å². The molecule has 0 aromatic heterocycles. The number of rotatable bonds is 10. The molecule has 44 heavy (non-hydrogen) atoms. The number of amides is 1. The molecular weight excluding hydrogens is 621 g/mol. The lowest BCUT2D eigenvalue weighted by atomic mass is 9.67. The van der Waals surface area contributed by atoms with Crippen LogP contribution in [0, 0.1) is 11.8 Å². The van der Waals surface area contributed by atoms with Crippen LogP contribution in [0.4, 0.5) is 9.59 Å². The van der Waals surface area contributed by atoms with Crippen molar-refractivity contribution in [1.82, 2.24) is 5.32 Å². The number of hydrogen-bond acceptors (Lipinski definition) is 9. The van der Waals surface area contributed by atoms with Gasteiger partial charge in [-0.15, -0.1) is 0 Å². The Kier molecular flexibility index (Phi) is 10.2. The van der Waals surface area contributed by atoms with Crippen molar-refractivity contribution in [1.29, 1.82) is 0 Å². The predicted octanol–water partition coefficient (Wildman–Crippen LogP) is 4.96. The van der Waals surface area contributed by atoms with Crippen molar-refractivity contribution in [3.05, 3.63) is 81.8 Å². The Balaban J connectivity index is 1.59. The quantitative estimate of drug-likeness (QED) is 0.200. The molecule has 0 unspecified atom stereocenters. The molecule has 14 heteroatoms. The number of benzene rings is 3. The fourth-order valence-corrected chi connectivity index (χ4v) is 5.38. The number of carbonyl (C=O) groups is 5. The second-order valence-corrected chi connectivity index (χ2v) is 10.8. The molecule has 1 saturated carbocycles. The summed E-state index contributed by atoms with van der Waals surface area (Å²) >= 11 is 12.2. The van der Waals surface area contributed by atoms with E-state index in [-0.39, 0.29) is 17.0 Å². The van der Waals surface area contributed by atoms with Gasteiger partial charge in [-0.3, -0.25) is 9.59 Å². The van der Waals surface area contributed by atoms with E-state index in [9.17, 15) is 34.2 Å². The summed E-state index contributed by atoms with van der Waals surface area (Å²) in [5, 5.41) is 23.3. The molecule has 1 fully saturated rings. The van der Waals surface area contributed by atoms with E-state index in [4.69, 9.17) is 37.4 Å². The molecule has 232 valence electrons. The van der Waals surface area contributed by atoms with Gasteiger partial charge in [0.15, 0.2) is 0 Å². The number of carboxylic acid groups (broad SMARTS) is 2. The zero-order chi connectivity index (χ0) is 32.1. The fraction of sp³-hybridized carbons (Fsp3) is 0.300. The predicted molar refractivity (Wildman–Crippen MR) is 156 cm³/mol. The van der Waals surface area contributed by atoms with E-state index in [0.29, 0.717) is 10.6 Å². The molecular formula is C30H27Cl2NO11. The van der Waals surface area contributed by atoms with Gasteiger partial charge in [0, 0.05) is 6.42 Å². The Morgan fingerprint density at radius 2 is 1.48 bits per heavy atom. The molecule has 0 heterocycles. The molecule has 1 aliphatic rings. The maximum absolute atomic E-state index is 13.4. The molecule has 3 aromatic carbocycles. The van der Waals surface area contributed by atoms with E-state index in [1.54, 1.807) is 36.4 Å². The number of halogens is 2. The number of hydrogen-bond donors (Lipinski definition) is 3.